The molecule has 4 nitrogen and oxygen atoms in total. The molecule has 2 fully saturated rings. The van der Waals surface area contributed by atoms with Gasteiger partial charge in [-0.3, -0.25) is 4.79 Å². The standard InChI is InChI=1S/C13H23NO3/c1-16-13(15)11-6-8-14(10-11)7-2-4-12-5-3-9-17-12/h11-12H,2-10H2,1H3. The first-order valence-corrected chi connectivity index (χ1v) is 6.71. The molecular weight excluding hydrogens is 218 g/mol. The van der Waals surface area contributed by atoms with Crippen LogP contribution in [-0.4, -0.2) is 50.3 Å². The Morgan fingerprint density at radius 1 is 1.47 bits per heavy atom. The molecule has 2 saturated heterocycles. The van der Waals surface area contributed by atoms with Crippen LogP contribution in [0.4, 0.5) is 0 Å². The summed E-state index contributed by atoms with van der Waals surface area (Å²) in [5, 5.41) is 0. The highest BCUT2D eigenvalue weighted by molar-refractivity contribution is 5.72. The van der Waals surface area contributed by atoms with Crippen molar-refractivity contribution in [2.75, 3.05) is 33.4 Å². The molecule has 2 rings (SSSR count). The lowest BCUT2D eigenvalue weighted by Gasteiger charge is -2.16. The monoisotopic (exact) mass is 241 g/mol. The van der Waals surface area contributed by atoms with E-state index in [4.69, 9.17) is 9.47 Å². The highest BCUT2D eigenvalue weighted by Gasteiger charge is 2.28. The molecule has 0 radical (unpaired) electrons. The summed E-state index contributed by atoms with van der Waals surface area (Å²) >= 11 is 0. The molecule has 0 aliphatic carbocycles. The minimum atomic E-state index is -0.0494. The third kappa shape index (κ3) is 3.68. The molecule has 0 saturated carbocycles. The Bertz CT molecular complexity index is 251. The molecule has 2 atom stereocenters. The molecule has 0 N–H and O–H groups in total. The summed E-state index contributed by atoms with van der Waals surface area (Å²) in [6, 6.07) is 0. The van der Waals surface area contributed by atoms with Crippen molar-refractivity contribution in [1.29, 1.82) is 0 Å². The molecule has 0 amide bonds. The van der Waals surface area contributed by atoms with E-state index in [9.17, 15) is 4.79 Å². The maximum atomic E-state index is 11.4. The Labute approximate surface area is 103 Å². The van der Waals surface area contributed by atoms with Crippen LogP contribution in [-0.2, 0) is 14.3 Å². The van der Waals surface area contributed by atoms with E-state index in [-0.39, 0.29) is 11.9 Å². The van der Waals surface area contributed by atoms with Gasteiger partial charge < -0.3 is 14.4 Å². The number of methoxy groups -OCH3 is 1. The fourth-order valence-electron chi connectivity index (χ4n) is 2.81. The van der Waals surface area contributed by atoms with Gasteiger partial charge in [0.05, 0.1) is 19.1 Å². The quantitative estimate of drug-likeness (QED) is 0.683. The van der Waals surface area contributed by atoms with Crippen molar-refractivity contribution >= 4 is 5.97 Å². The molecule has 0 bridgehead atoms. The van der Waals surface area contributed by atoms with E-state index in [1.54, 1.807) is 0 Å². The van der Waals surface area contributed by atoms with E-state index in [1.165, 1.54) is 32.8 Å². The van der Waals surface area contributed by atoms with E-state index in [0.29, 0.717) is 6.10 Å². The number of likely N-dealkylation sites (tertiary alicyclic amines) is 1. The summed E-state index contributed by atoms with van der Waals surface area (Å²) in [5.74, 6) is 0.0503. The van der Waals surface area contributed by atoms with Crippen LogP contribution in [0.3, 0.4) is 0 Å². The van der Waals surface area contributed by atoms with Crippen molar-refractivity contribution in [3.63, 3.8) is 0 Å². The van der Waals surface area contributed by atoms with Crippen molar-refractivity contribution < 1.29 is 14.3 Å². The van der Waals surface area contributed by atoms with Crippen LogP contribution in [0.15, 0.2) is 0 Å². The Balaban J connectivity index is 1.59. The first kappa shape index (κ1) is 12.8. The van der Waals surface area contributed by atoms with Gasteiger partial charge in [-0.15, -0.1) is 0 Å². The third-order valence-electron chi connectivity index (χ3n) is 3.83. The molecule has 0 aromatic carbocycles. The Morgan fingerprint density at radius 2 is 2.35 bits per heavy atom. The molecule has 17 heavy (non-hydrogen) atoms. The minimum Gasteiger partial charge on any atom is -0.469 e. The maximum absolute atomic E-state index is 11.4. The summed E-state index contributed by atoms with van der Waals surface area (Å²) in [7, 11) is 1.47. The number of ether oxygens (including phenoxy) is 2. The summed E-state index contributed by atoms with van der Waals surface area (Å²) in [4.78, 5) is 13.7. The highest BCUT2D eigenvalue weighted by atomic mass is 16.5. The van der Waals surface area contributed by atoms with Gasteiger partial charge in [0, 0.05) is 13.2 Å². The fourth-order valence-corrected chi connectivity index (χ4v) is 2.81. The van der Waals surface area contributed by atoms with Gasteiger partial charge in [-0.2, -0.15) is 0 Å². The molecule has 0 spiro atoms. The van der Waals surface area contributed by atoms with E-state index in [1.807, 2.05) is 0 Å². The van der Waals surface area contributed by atoms with E-state index >= 15 is 0 Å². The van der Waals surface area contributed by atoms with Gasteiger partial charge >= 0.3 is 5.97 Å². The van der Waals surface area contributed by atoms with Gasteiger partial charge in [-0.1, -0.05) is 0 Å². The number of hydrogen-bond acceptors (Lipinski definition) is 4. The first-order chi connectivity index (χ1) is 8.29. The second kappa shape index (κ2) is 6.36. The van der Waals surface area contributed by atoms with Crippen LogP contribution in [0.1, 0.15) is 32.1 Å². The molecule has 4 heteroatoms. The molecule has 2 heterocycles. The first-order valence-electron chi connectivity index (χ1n) is 6.71. The number of rotatable bonds is 5. The predicted octanol–water partition coefficient (Wildman–Crippen LogP) is 1.44. The van der Waals surface area contributed by atoms with Crippen LogP contribution in [0.25, 0.3) is 0 Å². The van der Waals surface area contributed by atoms with Gasteiger partial charge in [0.15, 0.2) is 0 Å². The Kier molecular flexibility index (Phi) is 4.80. The zero-order valence-electron chi connectivity index (χ0n) is 10.7. The zero-order valence-corrected chi connectivity index (χ0v) is 10.7. The molecule has 0 aromatic heterocycles. The Hall–Kier alpha value is -0.610. The number of carbonyl (C=O) groups is 1. The lowest BCUT2D eigenvalue weighted by Crippen LogP contribution is -2.25. The van der Waals surface area contributed by atoms with Crippen molar-refractivity contribution in [1.82, 2.24) is 4.90 Å². The van der Waals surface area contributed by atoms with Gasteiger partial charge in [-0.25, -0.2) is 0 Å². The van der Waals surface area contributed by atoms with Crippen molar-refractivity contribution in [3.05, 3.63) is 0 Å². The zero-order chi connectivity index (χ0) is 12.1. The van der Waals surface area contributed by atoms with E-state index in [0.717, 1.165) is 32.7 Å². The lowest BCUT2D eigenvalue weighted by molar-refractivity contribution is -0.144. The molecule has 0 aromatic rings. The SMILES string of the molecule is COC(=O)C1CCN(CCCC2CCCO2)C1. The van der Waals surface area contributed by atoms with Gasteiger partial charge in [0.25, 0.3) is 0 Å². The van der Waals surface area contributed by atoms with Gasteiger partial charge in [-0.05, 0) is 45.2 Å². The average molecular weight is 241 g/mol. The van der Waals surface area contributed by atoms with Crippen LogP contribution in [0.5, 0.6) is 0 Å². The number of nitrogens with zero attached hydrogens (tertiary/aromatic N) is 1. The second-order valence-corrected chi connectivity index (χ2v) is 5.09. The molecule has 98 valence electrons. The third-order valence-corrected chi connectivity index (χ3v) is 3.83. The maximum Gasteiger partial charge on any atom is 0.310 e. The molecule has 2 aliphatic rings. The van der Waals surface area contributed by atoms with Gasteiger partial charge in [0.1, 0.15) is 0 Å². The molecular formula is C13H23NO3. The number of esters is 1. The molecule has 2 unspecified atom stereocenters. The summed E-state index contributed by atoms with van der Waals surface area (Å²) in [6.45, 7) is 3.94. The van der Waals surface area contributed by atoms with E-state index < -0.39 is 0 Å². The normalized spacial score (nSPS) is 29.7. The number of carbonyl (C=O) groups excluding carboxylic acids is 1. The van der Waals surface area contributed by atoms with Crippen LogP contribution < -0.4 is 0 Å². The van der Waals surface area contributed by atoms with Crippen LogP contribution >= 0.6 is 0 Å². The van der Waals surface area contributed by atoms with Crippen molar-refractivity contribution in [2.24, 2.45) is 5.92 Å². The molecule has 2 aliphatic heterocycles. The van der Waals surface area contributed by atoms with E-state index in [2.05, 4.69) is 4.90 Å². The fraction of sp³-hybridized carbons (Fsp3) is 0.923. The van der Waals surface area contributed by atoms with Crippen molar-refractivity contribution in [3.8, 4) is 0 Å². The second-order valence-electron chi connectivity index (χ2n) is 5.09. The minimum absolute atomic E-state index is 0.0494. The van der Waals surface area contributed by atoms with Crippen molar-refractivity contribution in [2.45, 2.75) is 38.2 Å². The highest BCUT2D eigenvalue weighted by Crippen LogP contribution is 2.20. The average Bonchev–Trinajstić information content (AvgIpc) is 2.99. The summed E-state index contributed by atoms with van der Waals surface area (Å²) in [6.07, 6.45) is 6.24. The van der Waals surface area contributed by atoms with Crippen LogP contribution in [0.2, 0.25) is 0 Å². The lowest BCUT2D eigenvalue weighted by atomic mass is 10.1. The predicted molar refractivity (Wildman–Crippen MR) is 64.8 cm³/mol. The smallest absolute Gasteiger partial charge is 0.310 e. The number of hydrogen-bond donors (Lipinski definition) is 0. The van der Waals surface area contributed by atoms with Gasteiger partial charge in [0.2, 0.25) is 0 Å². The van der Waals surface area contributed by atoms with Crippen LogP contribution in [0, 0.1) is 5.92 Å². The summed E-state index contributed by atoms with van der Waals surface area (Å²) < 4.78 is 10.4. The topological polar surface area (TPSA) is 38.8 Å². The summed E-state index contributed by atoms with van der Waals surface area (Å²) in [5.41, 5.74) is 0. The largest absolute Gasteiger partial charge is 0.469 e. The Morgan fingerprint density at radius 3 is 3.06 bits per heavy atom.